The van der Waals surface area contributed by atoms with Crippen LogP contribution in [-0.2, 0) is 6.54 Å². The van der Waals surface area contributed by atoms with Crippen LogP contribution in [0.2, 0.25) is 0 Å². The Bertz CT molecular complexity index is 537. The average molecular weight is 262 g/mol. The second kappa shape index (κ2) is 6.04. The first-order valence-electron chi connectivity index (χ1n) is 6.69. The van der Waals surface area contributed by atoms with Crippen LogP contribution in [-0.4, -0.2) is 40.7 Å². The van der Waals surface area contributed by atoms with Crippen molar-refractivity contribution in [2.24, 2.45) is 0 Å². The highest BCUT2D eigenvalue weighted by atomic mass is 16.3. The molecule has 2 N–H and O–H groups in total. The molecule has 2 rings (SSSR count). The lowest BCUT2D eigenvalue weighted by Crippen LogP contribution is -2.33. The first-order chi connectivity index (χ1) is 9.19. The van der Waals surface area contributed by atoms with Crippen LogP contribution < -0.4 is 10.2 Å². The van der Waals surface area contributed by atoms with E-state index in [1.807, 2.05) is 43.3 Å². The maximum Gasteiger partial charge on any atom is 0.152 e. The lowest BCUT2D eigenvalue weighted by Gasteiger charge is -2.24. The van der Waals surface area contributed by atoms with Gasteiger partial charge in [0.2, 0.25) is 0 Å². The van der Waals surface area contributed by atoms with Crippen molar-refractivity contribution >= 4 is 11.5 Å². The summed E-state index contributed by atoms with van der Waals surface area (Å²) in [5, 5.41) is 12.7. The van der Waals surface area contributed by atoms with Gasteiger partial charge in [-0.1, -0.05) is 13.0 Å². The number of anilines is 1. The molecular weight excluding hydrogens is 240 g/mol. The Balaban J connectivity index is 2.45. The summed E-state index contributed by atoms with van der Waals surface area (Å²) in [5.74, 6) is 0.925. The number of rotatable bonds is 6. The summed E-state index contributed by atoms with van der Waals surface area (Å²) < 4.78 is 2.10. The van der Waals surface area contributed by atoms with Crippen molar-refractivity contribution in [3.8, 4) is 0 Å². The molecule has 0 aliphatic heterocycles. The number of likely N-dealkylation sites (N-methyl/N-ethyl adjacent to an activating group) is 1. The normalized spacial score (nSPS) is 12.8. The minimum atomic E-state index is 0.0466. The first kappa shape index (κ1) is 13.8. The fourth-order valence-corrected chi connectivity index (χ4v) is 2.06. The molecule has 104 valence electrons. The third-order valence-corrected chi connectivity index (χ3v) is 3.41. The quantitative estimate of drug-likeness (QED) is 0.823. The molecule has 0 spiro atoms. The Morgan fingerprint density at radius 2 is 2.26 bits per heavy atom. The summed E-state index contributed by atoms with van der Waals surface area (Å²) in [4.78, 5) is 6.70. The standard InChI is InChI=1S/C14H22N4O/c1-4-15-9-12-14(17(3)11(2)10-19)16-13-7-5-6-8-18(12)13/h5-8,11,15,19H,4,9-10H2,1-3H3. The average Bonchev–Trinajstić information content (AvgIpc) is 2.82. The zero-order chi connectivity index (χ0) is 13.8. The highest BCUT2D eigenvalue weighted by molar-refractivity contribution is 5.56. The predicted molar refractivity (Wildman–Crippen MR) is 77.5 cm³/mol. The molecule has 0 aliphatic rings. The van der Waals surface area contributed by atoms with Gasteiger partial charge in [0, 0.05) is 19.8 Å². The monoisotopic (exact) mass is 262 g/mol. The van der Waals surface area contributed by atoms with Gasteiger partial charge in [-0.05, 0) is 25.6 Å². The van der Waals surface area contributed by atoms with Crippen molar-refractivity contribution in [1.29, 1.82) is 0 Å². The topological polar surface area (TPSA) is 52.8 Å². The summed E-state index contributed by atoms with van der Waals surface area (Å²) in [6, 6.07) is 6.03. The van der Waals surface area contributed by atoms with E-state index >= 15 is 0 Å². The van der Waals surface area contributed by atoms with E-state index in [1.165, 1.54) is 0 Å². The second-order valence-corrected chi connectivity index (χ2v) is 4.73. The summed E-state index contributed by atoms with van der Waals surface area (Å²) in [5.41, 5.74) is 2.06. The SMILES string of the molecule is CCNCc1c(N(C)C(C)CO)nc2ccccn12. The van der Waals surface area contributed by atoms with Crippen LogP contribution in [0.5, 0.6) is 0 Å². The number of aromatic nitrogens is 2. The molecule has 0 aromatic carbocycles. The van der Waals surface area contributed by atoms with E-state index in [2.05, 4.69) is 21.6 Å². The van der Waals surface area contributed by atoms with E-state index in [-0.39, 0.29) is 12.6 Å². The number of hydrogen-bond acceptors (Lipinski definition) is 4. The molecular formula is C14H22N4O. The van der Waals surface area contributed by atoms with E-state index in [9.17, 15) is 5.11 Å². The van der Waals surface area contributed by atoms with Crippen LogP contribution in [0.1, 0.15) is 19.5 Å². The number of fused-ring (bicyclic) bond motifs is 1. The number of nitrogens with zero attached hydrogens (tertiary/aromatic N) is 3. The molecule has 5 nitrogen and oxygen atoms in total. The van der Waals surface area contributed by atoms with Crippen LogP contribution in [0, 0.1) is 0 Å². The van der Waals surface area contributed by atoms with Crippen molar-refractivity contribution in [1.82, 2.24) is 14.7 Å². The zero-order valence-corrected chi connectivity index (χ0v) is 11.8. The molecule has 5 heteroatoms. The van der Waals surface area contributed by atoms with Gasteiger partial charge >= 0.3 is 0 Å². The van der Waals surface area contributed by atoms with Crippen LogP contribution in [0.3, 0.4) is 0 Å². The zero-order valence-electron chi connectivity index (χ0n) is 11.8. The van der Waals surface area contributed by atoms with Gasteiger partial charge in [-0.2, -0.15) is 0 Å². The van der Waals surface area contributed by atoms with Gasteiger partial charge in [0.05, 0.1) is 18.3 Å². The van der Waals surface area contributed by atoms with Crippen molar-refractivity contribution in [2.45, 2.75) is 26.4 Å². The second-order valence-electron chi connectivity index (χ2n) is 4.73. The summed E-state index contributed by atoms with van der Waals surface area (Å²) in [6.45, 7) is 5.87. The van der Waals surface area contributed by atoms with Crippen LogP contribution in [0.25, 0.3) is 5.65 Å². The molecule has 0 amide bonds. The Morgan fingerprint density at radius 1 is 1.47 bits per heavy atom. The molecule has 1 unspecified atom stereocenters. The first-order valence-corrected chi connectivity index (χ1v) is 6.69. The van der Waals surface area contributed by atoms with Crippen molar-refractivity contribution in [3.63, 3.8) is 0 Å². The molecule has 0 radical (unpaired) electrons. The fourth-order valence-electron chi connectivity index (χ4n) is 2.06. The smallest absolute Gasteiger partial charge is 0.152 e. The molecule has 1 atom stereocenters. The molecule has 0 fully saturated rings. The Hall–Kier alpha value is -1.59. The highest BCUT2D eigenvalue weighted by Crippen LogP contribution is 2.22. The van der Waals surface area contributed by atoms with Gasteiger partial charge in [0.15, 0.2) is 5.82 Å². The van der Waals surface area contributed by atoms with E-state index in [4.69, 9.17) is 0 Å². The maximum absolute atomic E-state index is 9.32. The Kier molecular flexibility index (Phi) is 4.39. The summed E-state index contributed by atoms with van der Waals surface area (Å²) in [6.07, 6.45) is 2.02. The van der Waals surface area contributed by atoms with Gasteiger partial charge in [0.1, 0.15) is 5.65 Å². The molecule has 19 heavy (non-hydrogen) atoms. The van der Waals surface area contributed by atoms with Crippen molar-refractivity contribution < 1.29 is 5.11 Å². The Labute approximate surface area is 113 Å². The van der Waals surface area contributed by atoms with Gasteiger partial charge in [0.25, 0.3) is 0 Å². The lowest BCUT2D eigenvalue weighted by atomic mass is 10.3. The van der Waals surface area contributed by atoms with Crippen LogP contribution >= 0.6 is 0 Å². The van der Waals surface area contributed by atoms with Crippen molar-refractivity contribution in [3.05, 3.63) is 30.1 Å². The van der Waals surface area contributed by atoms with Crippen LogP contribution in [0.15, 0.2) is 24.4 Å². The molecule has 0 aliphatic carbocycles. The third-order valence-electron chi connectivity index (χ3n) is 3.41. The number of aliphatic hydroxyl groups is 1. The minimum Gasteiger partial charge on any atom is -0.394 e. The van der Waals surface area contributed by atoms with Gasteiger partial charge in [-0.3, -0.25) is 0 Å². The van der Waals surface area contributed by atoms with Crippen LogP contribution in [0.4, 0.5) is 5.82 Å². The Morgan fingerprint density at radius 3 is 2.95 bits per heavy atom. The van der Waals surface area contributed by atoms with Gasteiger partial charge in [-0.15, -0.1) is 0 Å². The number of imidazole rings is 1. The van der Waals surface area contributed by atoms with Gasteiger partial charge < -0.3 is 19.7 Å². The molecule has 2 aromatic heterocycles. The summed E-state index contributed by atoms with van der Waals surface area (Å²) in [7, 11) is 1.97. The molecule has 2 heterocycles. The van der Waals surface area contributed by atoms with Crippen molar-refractivity contribution in [2.75, 3.05) is 25.1 Å². The predicted octanol–water partition coefficient (Wildman–Crippen LogP) is 1.26. The number of aliphatic hydroxyl groups excluding tert-OH is 1. The third kappa shape index (κ3) is 2.72. The number of hydrogen-bond donors (Lipinski definition) is 2. The van der Waals surface area contributed by atoms with E-state index in [0.717, 1.165) is 30.2 Å². The number of nitrogens with one attached hydrogen (secondary N) is 1. The largest absolute Gasteiger partial charge is 0.394 e. The number of pyridine rings is 1. The molecule has 0 saturated heterocycles. The summed E-state index contributed by atoms with van der Waals surface area (Å²) >= 11 is 0. The van der Waals surface area contributed by atoms with Gasteiger partial charge in [-0.25, -0.2) is 4.98 Å². The maximum atomic E-state index is 9.32. The van der Waals surface area contributed by atoms with E-state index in [1.54, 1.807) is 0 Å². The highest BCUT2D eigenvalue weighted by Gasteiger charge is 2.18. The molecule has 0 bridgehead atoms. The molecule has 2 aromatic rings. The fraction of sp³-hybridized carbons (Fsp3) is 0.500. The molecule has 0 saturated carbocycles. The van der Waals surface area contributed by atoms with E-state index < -0.39 is 0 Å². The minimum absolute atomic E-state index is 0.0466. The van der Waals surface area contributed by atoms with E-state index in [0.29, 0.717) is 0 Å². The lowest BCUT2D eigenvalue weighted by molar-refractivity contribution is 0.269.